The Labute approximate surface area is 50.6 Å². The van der Waals surface area contributed by atoms with E-state index in [2.05, 4.69) is 12.2 Å². The fraction of sp³-hybridized carbons (Fsp3) is 0.714. The van der Waals surface area contributed by atoms with Gasteiger partial charge in [0.05, 0.1) is 0 Å². The Morgan fingerprint density at radius 1 is 1.50 bits per heavy atom. The van der Waals surface area contributed by atoms with E-state index in [4.69, 9.17) is 5.73 Å². The van der Waals surface area contributed by atoms with Gasteiger partial charge in [-0.1, -0.05) is 18.6 Å². The summed E-state index contributed by atoms with van der Waals surface area (Å²) in [7, 11) is 0. The summed E-state index contributed by atoms with van der Waals surface area (Å²) in [4.78, 5) is 0. The Balaban J connectivity index is 2.08. The second-order valence-electron chi connectivity index (χ2n) is 2.35. The molecule has 0 amide bonds. The summed E-state index contributed by atoms with van der Waals surface area (Å²) in [6.07, 6.45) is 8.49. The lowest BCUT2D eigenvalue weighted by molar-refractivity contribution is 0.387. The highest BCUT2D eigenvalue weighted by molar-refractivity contribution is 4.92. The molecule has 0 heterocycles. The molecule has 1 saturated carbocycles. The van der Waals surface area contributed by atoms with Crippen LogP contribution >= 0.6 is 0 Å². The van der Waals surface area contributed by atoms with Crippen LogP contribution in [-0.2, 0) is 0 Å². The molecule has 1 aliphatic rings. The van der Waals surface area contributed by atoms with Crippen molar-refractivity contribution >= 4 is 0 Å². The molecule has 2 N–H and O–H groups in total. The largest absolute Gasteiger partial charge is 0.327 e. The van der Waals surface area contributed by atoms with Crippen molar-refractivity contribution in [1.82, 2.24) is 0 Å². The van der Waals surface area contributed by atoms with E-state index in [0.717, 1.165) is 5.92 Å². The van der Waals surface area contributed by atoms with Gasteiger partial charge in [0, 0.05) is 6.54 Å². The fourth-order valence-electron chi connectivity index (χ4n) is 0.903. The Bertz CT molecular complexity index is 82.4. The summed E-state index contributed by atoms with van der Waals surface area (Å²) in [5.74, 6) is 0.874. The van der Waals surface area contributed by atoms with Gasteiger partial charge < -0.3 is 5.73 Å². The van der Waals surface area contributed by atoms with Crippen LogP contribution in [0.25, 0.3) is 0 Å². The van der Waals surface area contributed by atoms with Crippen molar-refractivity contribution in [3.05, 3.63) is 12.2 Å². The summed E-state index contributed by atoms with van der Waals surface area (Å²) in [6, 6.07) is 0. The first-order chi connectivity index (χ1) is 3.93. The molecule has 8 heavy (non-hydrogen) atoms. The molecule has 1 rings (SSSR count). The predicted molar refractivity (Wildman–Crippen MR) is 35.5 cm³/mol. The van der Waals surface area contributed by atoms with Crippen LogP contribution in [0.1, 0.15) is 19.3 Å². The summed E-state index contributed by atoms with van der Waals surface area (Å²) >= 11 is 0. The molecule has 0 bridgehead atoms. The quantitative estimate of drug-likeness (QED) is 0.534. The van der Waals surface area contributed by atoms with Crippen molar-refractivity contribution < 1.29 is 0 Å². The van der Waals surface area contributed by atoms with Crippen LogP contribution in [0.4, 0.5) is 0 Å². The number of hydrogen-bond acceptors (Lipinski definition) is 1. The summed E-state index contributed by atoms with van der Waals surface area (Å²) in [6.45, 7) is 0.705. The van der Waals surface area contributed by atoms with Crippen LogP contribution in [0.3, 0.4) is 0 Å². The first kappa shape index (κ1) is 5.83. The van der Waals surface area contributed by atoms with Crippen LogP contribution in [0.15, 0.2) is 12.2 Å². The highest BCUT2D eigenvalue weighted by Crippen LogP contribution is 2.26. The summed E-state index contributed by atoms with van der Waals surface area (Å²) in [5, 5.41) is 0. The summed E-state index contributed by atoms with van der Waals surface area (Å²) < 4.78 is 0. The molecule has 0 aliphatic heterocycles. The van der Waals surface area contributed by atoms with Crippen molar-refractivity contribution in [3.8, 4) is 0 Å². The highest BCUT2D eigenvalue weighted by atomic mass is 14.5. The minimum absolute atomic E-state index is 0.705. The van der Waals surface area contributed by atoms with Gasteiger partial charge in [0.25, 0.3) is 0 Å². The van der Waals surface area contributed by atoms with Gasteiger partial charge in [0.2, 0.25) is 0 Å². The van der Waals surface area contributed by atoms with E-state index < -0.39 is 0 Å². The van der Waals surface area contributed by atoms with Crippen molar-refractivity contribution in [2.24, 2.45) is 11.7 Å². The molecule has 46 valence electrons. The van der Waals surface area contributed by atoms with Crippen molar-refractivity contribution in [3.63, 3.8) is 0 Å². The maximum atomic E-state index is 5.27. The molecular weight excluding hydrogens is 98.1 g/mol. The highest BCUT2D eigenvalue weighted by Gasteiger charge is 2.12. The van der Waals surface area contributed by atoms with E-state index in [1.807, 2.05) is 0 Å². The van der Waals surface area contributed by atoms with Crippen LogP contribution < -0.4 is 5.73 Å². The van der Waals surface area contributed by atoms with Crippen molar-refractivity contribution in [2.75, 3.05) is 6.54 Å². The third-order valence-corrected chi connectivity index (χ3v) is 1.69. The first-order valence-corrected chi connectivity index (χ1v) is 3.30. The van der Waals surface area contributed by atoms with Crippen LogP contribution in [0, 0.1) is 5.92 Å². The van der Waals surface area contributed by atoms with E-state index in [1.165, 1.54) is 19.3 Å². The lowest BCUT2D eigenvalue weighted by atomic mass is 9.85. The smallest absolute Gasteiger partial charge is 0.0106 e. The maximum absolute atomic E-state index is 5.27. The maximum Gasteiger partial charge on any atom is 0.0106 e. The van der Waals surface area contributed by atoms with E-state index in [0.29, 0.717) is 6.54 Å². The van der Waals surface area contributed by atoms with Gasteiger partial charge in [-0.15, -0.1) is 0 Å². The minimum atomic E-state index is 0.705. The van der Waals surface area contributed by atoms with Crippen LogP contribution in [0.5, 0.6) is 0 Å². The van der Waals surface area contributed by atoms with Gasteiger partial charge >= 0.3 is 0 Å². The number of hydrogen-bond donors (Lipinski definition) is 1. The molecule has 1 heteroatoms. The van der Waals surface area contributed by atoms with Gasteiger partial charge in [-0.05, 0) is 18.8 Å². The van der Waals surface area contributed by atoms with E-state index in [9.17, 15) is 0 Å². The molecule has 0 unspecified atom stereocenters. The number of allylic oxidation sites excluding steroid dienone is 1. The standard InChI is InChI=1S/C7H13N/c8-6-2-5-7-3-1-4-7/h2,5,7H,1,3-4,6,8H2/b5-2+. The van der Waals surface area contributed by atoms with E-state index >= 15 is 0 Å². The summed E-state index contributed by atoms with van der Waals surface area (Å²) in [5.41, 5.74) is 5.27. The molecule has 1 aliphatic carbocycles. The monoisotopic (exact) mass is 111 g/mol. The molecule has 0 aromatic carbocycles. The normalized spacial score (nSPS) is 21.6. The van der Waals surface area contributed by atoms with Gasteiger partial charge in [-0.25, -0.2) is 0 Å². The molecule has 0 atom stereocenters. The molecular formula is C7H13N. The molecule has 1 nitrogen and oxygen atoms in total. The molecule has 0 aromatic heterocycles. The molecule has 0 spiro atoms. The van der Waals surface area contributed by atoms with Crippen molar-refractivity contribution in [2.45, 2.75) is 19.3 Å². The molecule has 0 saturated heterocycles. The Kier molecular flexibility index (Phi) is 2.10. The second-order valence-corrected chi connectivity index (χ2v) is 2.35. The first-order valence-electron chi connectivity index (χ1n) is 3.30. The van der Waals surface area contributed by atoms with Gasteiger partial charge in [-0.3, -0.25) is 0 Å². The van der Waals surface area contributed by atoms with Gasteiger partial charge in [0.1, 0.15) is 0 Å². The topological polar surface area (TPSA) is 26.0 Å². The minimum Gasteiger partial charge on any atom is -0.327 e. The number of nitrogens with two attached hydrogens (primary N) is 1. The average molecular weight is 111 g/mol. The zero-order chi connectivity index (χ0) is 5.82. The Morgan fingerprint density at radius 2 is 2.25 bits per heavy atom. The zero-order valence-electron chi connectivity index (χ0n) is 5.14. The third kappa shape index (κ3) is 1.34. The molecule has 0 radical (unpaired) electrons. The van der Waals surface area contributed by atoms with Gasteiger partial charge in [-0.2, -0.15) is 0 Å². The SMILES string of the molecule is NC/C=C/C1CCC1. The average Bonchev–Trinajstić information content (AvgIpc) is 1.63. The fourth-order valence-corrected chi connectivity index (χ4v) is 0.903. The van der Waals surface area contributed by atoms with Gasteiger partial charge in [0.15, 0.2) is 0 Å². The predicted octanol–water partition coefficient (Wildman–Crippen LogP) is 1.30. The second kappa shape index (κ2) is 2.88. The molecule has 0 aromatic rings. The van der Waals surface area contributed by atoms with Crippen LogP contribution in [-0.4, -0.2) is 6.54 Å². The van der Waals surface area contributed by atoms with E-state index in [1.54, 1.807) is 0 Å². The zero-order valence-corrected chi connectivity index (χ0v) is 5.14. The Morgan fingerprint density at radius 3 is 2.62 bits per heavy atom. The van der Waals surface area contributed by atoms with E-state index in [-0.39, 0.29) is 0 Å². The van der Waals surface area contributed by atoms with Crippen molar-refractivity contribution in [1.29, 1.82) is 0 Å². The third-order valence-electron chi connectivity index (χ3n) is 1.69. The lowest BCUT2D eigenvalue weighted by Gasteiger charge is -2.20. The molecule has 1 fully saturated rings. The number of rotatable bonds is 2. The Hall–Kier alpha value is -0.300. The van der Waals surface area contributed by atoms with Crippen LogP contribution in [0.2, 0.25) is 0 Å². The lowest BCUT2D eigenvalue weighted by Crippen LogP contribution is -2.07.